The van der Waals surface area contributed by atoms with Gasteiger partial charge in [0.15, 0.2) is 0 Å². The van der Waals surface area contributed by atoms with E-state index < -0.39 is 23.5 Å². The summed E-state index contributed by atoms with van der Waals surface area (Å²) in [7, 11) is 0. The van der Waals surface area contributed by atoms with Crippen molar-refractivity contribution in [2.24, 2.45) is 11.8 Å². The summed E-state index contributed by atoms with van der Waals surface area (Å²) in [5.41, 5.74) is 3.29. The van der Waals surface area contributed by atoms with Crippen molar-refractivity contribution in [3.8, 4) is 11.1 Å². The molecule has 2 aliphatic carbocycles. The predicted octanol–water partition coefficient (Wildman–Crippen LogP) is 2.52. The minimum atomic E-state index is -1.21. The van der Waals surface area contributed by atoms with E-state index >= 15 is 0 Å². The Kier molecular flexibility index (Phi) is 5.54. The molecule has 0 spiro atoms. The van der Waals surface area contributed by atoms with Crippen molar-refractivity contribution < 1.29 is 29.0 Å². The smallest absolute Gasteiger partial charge is 0.408 e. The second kappa shape index (κ2) is 8.51. The first-order chi connectivity index (χ1) is 16.0. The van der Waals surface area contributed by atoms with E-state index in [0.29, 0.717) is 19.4 Å². The van der Waals surface area contributed by atoms with Gasteiger partial charge >= 0.3 is 12.1 Å². The number of hydrogen-bond acceptors (Lipinski definition) is 5. The molecular weight excluding hydrogens is 424 g/mol. The topological polar surface area (TPSA) is 114 Å². The summed E-state index contributed by atoms with van der Waals surface area (Å²) in [5, 5.41) is 14.6. The van der Waals surface area contributed by atoms with Crippen LogP contribution in [0, 0.1) is 11.8 Å². The number of fused-ring (bicyclic) bond motifs is 3. The Morgan fingerprint density at radius 3 is 2.30 bits per heavy atom. The minimum Gasteiger partial charge on any atom is -0.481 e. The molecule has 33 heavy (non-hydrogen) atoms. The third kappa shape index (κ3) is 4.06. The van der Waals surface area contributed by atoms with Crippen molar-refractivity contribution >= 4 is 18.0 Å². The molecule has 1 saturated heterocycles. The molecule has 3 aliphatic rings. The summed E-state index contributed by atoms with van der Waals surface area (Å²) in [6, 6.07) is 16.2. The van der Waals surface area contributed by atoms with E-state index in [0.717, 1.165) is 22.3 Å². The molecule has 3 N–H and O–H groups in total. The van der Waals surface area contributed by atoms with Crippen LogP contribution in [0.4, 0.5) is 4.79 Å². The van der Waals surface area contributed by atoms with Crippen molar-refractivity contribution in [3.05, 3.63) is 59.7 Å². The number of nitrogens with one attached hydrogen (secondary N) is 2. The Hall–Kier alpha value is -3.39. The van der Waals surface area contributed by atoms with Crippen LogP contribution in [0.25, 0.3) is 11.1 Å². The van der Waals surface area contributed by atoms with Gasteiger partial charge in [0.1, 0.15) is 12.1 Å². The second-order valence-electron chi connectivity index (χ2n) is 8.99. The highest BCUT2D eigenvalue weighted by Crippen LogP contribution is 2.44. The first kappa shape index (κ1) is 21.5. The van der Waals surface area contributed by atoms with E-state index in [1.54, 1.807) is 0 Å². The Balaban J connectivity index is 1.22. The summed E-state index contributed by atoms with van der Waals surface area (Å²) in [5.74, 6) is -1.76. The number of amides is 2. The van der Waals surface area contributed by atoms with E-state index in [-0.39, 0.29) is 37.5 Å². The molecular formula is C25H26N2O6. The van der Waals surface area contributed by atoms with Crippen molar-refractivity contribution in [3.63, 3.8) is 0 Å². The number of rotatable bonds is 7. The van der Waals surface area contributed by atoms with Gasteiger partial charge in [-0.05, 0) is 34.6 Å². The summed E-state index contributed by atoms with van der Waals surface area (Å²) < 4.78 is 11.0. The third-order valence-corrected chi connectivity index (χ3v) is 6.91. The van der Waals surface area contributed by atoms with Gasteiger partial charge in [-0.15, -0.1) is 0 Å². The normalized spacial score (nSPS) is 25.1. The largest absolute Gasteiger partial charge is 0.481 e. The number of ether oxygens (including phenoxy) is 2. The minimum absolute atomic E-state index is 0.0516. The lowest BCUT2D eigenvalue weighted by Crippen LogP contribution is -2.59. The van der Waals surface area contributed by atoms with Crippen LogP contribution in [0.1, 0.15) is 29.9 Å². The average Bonchev–Trinajstić information content (AvgIpc) is 3.34. The number of carboxylic acids is 1. The zero-order chi connectivity index (χ0) is 23.0. The molecule has 2 amide bonds. The van der Waals surface area contributed by atoms with Gasteiger partial charge < -0.3 is 25.2 Å². The molecule has 2 aromatic rings. The van der Waals surface area contributed by atoms with Crippen molar-refractivity contribution in [2.75, 3.05) is 26.4 Å². The van der Waals surface area contributed by atoms with Gasteiger partial charge in [0.05, 0.1) is 12.5 Å². The lowest BCUT2D eigenvalue weighted by Gasteiger charge is -2.27. The highest BCUT2D eigenvalue weighted by atomic mass is 16.6. The molecule has 8 heteroatoms. The molecule has 0 radical (unpaired) electrons. The van der Waals surface area contributed by atoms with Crippen LogP contribution in [-0.2, 0) is 19.1 Å². The summed E-state index contributed by atoms with van der Waals surface area (Å²) in [6.07, 6.45) is 0.210. The lowest BCUT2D eigenvalue weighted by molar-refractivity contribution is -0.139. The SMILES string of the molecule is O=C(NC1(C(=O)NCC2CC2C(=O)O)CCOC1)OCC1c2ccccc2-c2ccccc21. The maximum absolute atomic E-state index is 12.9. The molecule has 5 rings (SSSR count). The monoisotopic (exact) mass is 450 g/mol. The Morgan fingerprint density at radius 2 is 1.73 bits per heavy atom. The van der Waals surface area contributed by atoms with Gasteiger partial charge in [0.2, 0.25) is 5.91 Å². The number of benzene rings is 2. The fourth-order valence-electron chi connectivity index (χ4n) is 4.90. The Labute approximate surface area is 191 Å². The van der Waals surface area contributed by atoms with Gasteiger partial charge in [-0.1, -0.05) is 48.5 Å². The van der Waals surface area contributed by atoms with Crippen LogP contribution in [0.5, 0.6) is 0 Å². The number of carbonyl (C=O) groups is 3. The van der Waals surface area contributed by atoms with Gasteiger partial charge in [-0.3, -0.25) is 9.59 Å². The Morgan fingerprint density at radius 1 is 1.06 bits per heavy atom. The maximum Gasteiger partial charge on any atom is 0.408 e. The molecule has 0 bridgehead atoms. The molecule has 1 aliphatic heterocycles. The quantitative estimate of drug-likeness (QED) is 0.597. The first-order valence-electron chi connectivity index (χ1n) is 11.2. The van der Waals surface area contributed by atoms with Crippen LogP contribution in [0.3, 0.4) is 0 Å². The van der Waals surface area contributed by atoms with E-state index in [4.69, 9.17) is 14.6 Å². The van der Waals surface area contributed by atoms with Crippen molar-refractivity contribution in [2.45, 2.75) is 24.3 Å². The zero-order valence-corrected chi connectivity index (χ0v) is 18.1. The van der Waals surface area contributed by atoms with E-state index in [1.165, 1.54) is 0 Å². The van der Waals surface area contributed by atoms with Crippen LogP contribution < -0.4 is 10.6 Å². The molecule has 3 atom stereocenters. The lowest BCUT2D eigenvalue weighted by atomic mass is 9.97. The van der Waals surface area contributed by atoms with Gasteiger partial charge in [0.25, 0.3) is 0 Å². The van der Waals surface area contributed by atoms with Crippen LogP contribution in [0.2, 0.25) is 0 Å². The molecule has 8 nitrogen and oxygen atoms in total. The van der Waals surface area contributed by atoms with Crippen LogP contribution in [-0.4, -0.2) is 55.0 Å². The van der Waals surface area contributed by atoms with Gasteiger partial charge in [0, 0.05) is 25.5 Å². The first-order valence-corrected chi connectivity index (χ1v) is 11.2. The molecule has 1 saturated carbocycles. The molecule has 0 aromatic heterocycles. The number of carboxylic acid groups (broad SMARTS) is 1. The average molecular weight is 450 g/mol. The molecule has 1 heterocycles. The summed E-state index contributed by atoms with van der Waals surface area (Å²) in [6.45, 7) is 0.818. The van der Waals surface area contributed by atoms with Gasteiger partial charge in [-0.25, -0.2) is 4.79 Å². The number of carbonyl (C=O) groups excluding carboxylic acids is 2. The predicted molar refractivity (Wildman–Crippen MR) is 119 cm³/mol. The molecule has 3 unspecified atom stereocenters. The second-order valence-corrected chi connectivity index (χ2v) is 8.99. The fourth-order valence-corrected chi connectivity index (χ4v) is 4.90. The molecule has 172 valence electrons. The standard InChI is InChI=1S/C25H26N2O6/c28-22(29)20-11-15(20)12-26-23(30)25(9-10-32-14-25)27-24(31)33-13-21-18-7-3-1-5-16(18)17-6-2-4-8-19(17)21/h1-8,15,20-21H,9-14H2,(H,26,30)(H,27,31)(H,28,29). The fraction of sp³-hybridized carbons (Fsp3) is 0.400. The summed E-state index contributed by atoms with van der Waals surface area (Å²) >= 11 is 0. The summed E-state index contributed by atoms with van der Waals surface area (Å²) in [4.78, 5) is 36.6. The Bertz CT molecular complexity index is 1050. The highest BCUT2D eigenvalue weighted by Gasteiger charge is 2.47. The number of aliphatic carboxylic acids is 1. The number of hydrogen-bond donors (Lipinski definition) is 3. The van der Waals surface area contributed by atoms with E-state index in [2.05, 4.69) is 22.8 Å². The van der Waals surface area contributed by atoms with Crippen LogP contribution >= 0.6 is 0 Å². The maximum atomic E-state index is 12.9. The third-order valence-electron chi connectivity index (χ3n) is 6.91. The number of alkyl carbamates (subject to hydrolysis) is 1. The molecule has 2 fully saturated rings. The highest BCUT2D eigenvalue weighted by molar-refractivity contribution is 5.90. The van der Waals surface area contributed by atoms with E-state index in [9.17, 15) is 14.4 Å². The van der Waals surface area contributed by atoms with E-state index in [1.807, 2.05) is 36.4 Å². The van der Waals surface area contributed by atoms with Crippen molar-refractivity contribution in [1.29, 1.82) is 0 Å². The van der Waals surface area contributed by atoms with Crippen LogP contribution in [0.15, 0.2) is 48.5 Å². The molecule has 2 aromatic carbocycles. The van der Waals surface area contributed by atoms with Crippen molar-refractivity contribution in [1.82, 2.24) is 10.6 Å². The van der Waals surface area contributed by atoms with Gasteiger partial charge in [-0.2, -0.15) is 0 Å². The zero-order valence-electron chi connectivity index (χ0n) is 18.1.